The van der Waals surface area contributed by atoms with E-state index in [2.05, 4.69) is 18.9 Å². The van der Waals surface area contributed by atoms with Gasteiger partial charge in [-0.2, -0.15) is 5.10 Å². The number of hydrogen-bond acceptors (Lipinski definition) is 3. The van der Waals surface area contributed by atoms with Crippen LogP contribution in [0.1, 0.15) is 26.8 Å². The van der Waals surface area contributed by atoms with Gasteiger partial charge in [0, 0.05) is 17.3 Å². The van der Waals surface area contributed by atoms with Gasteiger partial charge in [-0.3, -0.25) is 4.68 Å². The van der Waals surface area contributed by atoms with Crippen molar-refractivity contribution < 1.29 is 14.6 Å². The molecule has 0 aliphatic heterocycles. The van der Waals surface area contributed by atoms with Crippen molar-refractivity contribution in [1.82, 2.24) is 9.78 Å². The van der Waals surface area contributed by atoms with Crippen LogP contribution in [-0.2, 0) is 4.79 Å². The highest BCUT2D eigenvalue weighted by molar-refractivity contribution is 5.72. The second kappa shape index (κ2) is 6.43. The number of carbonyl (C=O) groups is 1. The summed E-state index contributed by atoms with van der Waals surface area (Å²) in [5.41, 5.74) is 1.77. The standard InChI is InChI=1S/C16H20N2O3/c1-11(2)10-21-15-7-5-4-6-14(15)13-8-17-18(9-13)12(3)16(19)20/h4-9,11-12H,10H2,1-3H3,(H,19,20). The maximum Gasteiger partial charge on any atom is 0.328 e. The van der Waals surface area contributed by atoms with Crippen LogP contribution < -0.4 is 4.74 Å². The number of aliphatic carboxylic acids is 1. The molecule has 0 aliphatic carbocycles. The third kappa shape index (κ3) is 3.62. The summed E-state index contributed by atoms with van der Waals surface area (Å²) < 4.78 is 7.26. The lowest BCUT2D eigenvalue weighted by atomic mass is 10.1. The first kappa shape index (κ1) is 15.1. The Labute approximate surface area is 124 Å². The van der Waals surface area contributed by atoms with Gasteiger partial charge < -0.3 is 9.84 Å². The van der Waals surface area contributed by atoms with E-state index < -0.39 is 12.0 Å². The molecule has 0 bridgehead atoms. The average molecular weight is 288 g/mol. The van der Waals surface area contributed by atoms with E-state index in [1.165, 1.54) is 4.68 Å². The van der Waals surface area contributed by atoms with Gasteiger partial charge in [-0.05, 0) is 18.9 Å². The van der Waals surface area contributed by atoms with Crippen LogP contribution in [0, 0.1) is 5.92 Å². The minimum atomic E-state index is -0.908. The van der Waals surface area contributed by atoms with E-state index in [-0.39, 0.29) is 0 Å². The number of ether oxygens (including phenoxy) is 1. The number of hydrogen-bond donors (Lipinski definition) is 1. The van der Waals surface area contributed by atoms with E-state index in [1.54, 1.807) is 19.3 Å². The van der Waals surface area contributed by atoms with Gasteiger partial charge in [0.25, 0.3) is 0 Å². The number of carboxylic acids is 1. The summed E-state index contributed by atoms with van der Waals surface area (Å²) in [6.45, 7) is 6.42. The normalized spacial score (nSPS) is 12.4. The van der Waals surface area contributed by atoms with Crippen molar-refractivity contribution in [2.24, 2.45) is 5.92 Å². The molecule has 0 radical (unpaired) electrons. The second-order valence-corrected chi connectivity index (χ2v) is 5.42. The largest absolute Gasteiger partial charge is 0.493 e. The number of benzene rings is 1. The van der Waals surface area contributed by atoms with Crippen molar-refractivity contribution >= 4 is 5.97 Å². The van der Waals surface area contributed by atoms with Crippen LogP contribution in [0.3, 0.4) is 0 Å². The fraction of sp³-hybridized carbons (Fsp3) is 0.375. The molecule has 21 heavy (non-hydrogen) atoms. The number of aromatic nitrogens is 2. The minimum absolute atomic E-state index is 0.438. The van der Waals surface area contributed by atoms with Crippen molar-refractivity contribution in [1.29, 1.82) is 0 Å². The van der Waals surface area contributed by atoms with Crippen molar-refractivity contribution in [3.8, 4) is 16.9 Å². The molecule has 5 heteroatoms. The molecule has 5 nitrogen and oxygen atoms in total. The Balaban J connectivity index is 2.28. The highest BCUT2D eigenvalue weighted by atomic mass is 16.5. The molecule has 2 aromatic rings. The quantitative estimate of drug-likeness (QED) is 0.886. The molecule has 0 saturated heterocycles. The average Bonchev–Trinajstić information content (AvgIpc) is 2.94. The van der Waals surface area contributed by atoms with Crippen molar-refractivity contribution in [3.05, 3.63) is 36.7 Å². The van der Waals surface area contributed by atoms with Crippen LogP contribution in [0.5, 0.6) is 5.75 Å². The van der Waals surface area contributed by atoms with Gasteiger partial charge in [-0.25, -0.2) is 4.79 Å². The van der Waals surface area contributed by atoms with Gasteiger partial charge in [0.1, 0.15) is 11.8 Å². The van der Waals surface area contributed by atoms with Gasteiger partial charge >= 0.3 is 5.97 Å². The predicted octanol–water partition coefficient (Wildman–Crippen LogP) is 3.23. The van der Waals surface area contributed by atoms with E-state index >= 15 is 0 Å². The van der Waals surface area contributed by atoms with Crippen molar-refractivity contribution in [2.75, 3.05) is 6.61 Å². The molecule has 0 fully saturated rings. The molecule has 1 atom stereocenters. The van der Waals surface area contributed by atoms with Gasteiger partial charge in [0.05, 0.1) is 12.8 Å². The Bertz CT molecular complexity index is 619. The zero-order valence-corrected chi connectivity index (χ0v) is 12.5. The second-order valence-electron chi connectivity index (χ2n) is 5.42. The van der Waals surface area contributed by atoms with Gasteiger partial charge in [-0.15, -0.1) is 0 Å². The van der Waals surface area contributed by atoms with E-state index in [0.717, 1.165) is 16.9 Å². The van der Waals surface area contributed by atoms with Crippen molar-refractivity contribution in [3.63, 3.8) is 0 Å². The molecule has 1 aromatic carbocycles. The first-order chi connectivity index (χ1) is 9.99. The lowest BCUT2D eigenvalue weighted by Gasteiger charge is -2.12. The lowest BCUT2D eigenvalue weighted by molar-refractivity contribution is -0.140. The van der Waals surface area contributed by atoms with E-state index in [4.69, 9.17) is 9.84 Å². The topological polar surface area (TPSA) is 64.4 Å². The molecule has 1 heterocycles. The first-order valence-electron chi connectivity index (χ1n) is 6.98. The molecule has 2 rings (SSSR count). The summed E-state index contributed by atoms with van der Waals surface area (Å²) in [6, 6.07) is 7.01. The Hall–Kier alpha value is -2.30. The third-order valence-electron chi connectivity index (χ3n) is 3.13. The van der Waals surface area contributed by atoms with Crippen LogP contribution >= 0.6 is 0 Å². The van der Waals surface area contributed by atoms with E-state index in [0.29, 0.717) is 12.5 Å². The maximum atomic E-state index is 11.0. The fourth-order valence-electron chi connectivity index (χ4n) is 1.89. The molecule has 112 valence electrons. The summed E-state index contributed by atoms with van der Waals surface area (Å²) in [4.78, 5) is 11.0. The molecular weight excluding hydrogens is 268 g/mol. The molecule has 0 aliphatic rings. The number of rotatable bonds is 6. The molecule has 0 spiro atoms. The zero-order chi connectivity index (χ0) is 15.4. The third-order valence-corrected chi connectivity index (χ3v) is 3.13. The number of carboxylic acid groups (broad SMARTS) is 1. The summed E-state index contributed by atoms with van der Waals surface area (Å²) in [7, 11) is 0. The smallest absolute Gasteiger partial charge is 0.328 e. The molecule has 1 unspecified atom stereocenters. The summed E-state index contributed by atoms with van der Waals surface area (Å²) in [6.07, 6.45) is 3.40. The van der Waals surface area contributed by atoms with Crippen LogP contribution in [0.15, 0.2) is 36.7 Å². The zero-order valence-electron chi connectivity index (χ0n) is 12.5. The van der Waals surface area contributed by atoms with Crippen molar-refractivity contribution in [2.45, 2.75) is 26.8 Å². The SMILES string of the molecule is CC(C)COc1ccccc1-c1cnn(C(C)C(=O)O)c1. The van der Waals surface area contributed by atoms with Gasteiger partial charge in [-0.1, -0.05) is 32.0 Å². The Kier molecular flexibility index (Phi) is 4.62. The Morgan fingerprint density at radius 3 is 2.71 bits per heavy atom. The maximum absolute atomic E-state index is 11.0. The number of para-hydroxylation sites is 1. The fourth-order valence-corrected chi connectivity index (χ4v) is 1.89. The summed E-state index contributed by atoms with van der Waals surface area (Å²) in [5.74, 6) is 0.315. The highest BCUT2D eigenvalue weighted by Gasteiger charge is 2.16. The lowest BCUT2D eigenvalue weighted by Crippen LogP contribution is -2.15. The highest BCUT2D eigenvalue weighted by Crippen LogP contribution is 2.30. The van der Waals surface area contributed by atoms with Crippen LogP contribution in [0.2, 0.25) is 0 Å². The van der Waals surface area contributed by atoms with Gasteiger partial charge in [0.15, 0.2) is 0 Å². The van der Waals surface area contributed by atoms with E-state index in [1.807, 2.05) is 24.3 Å². The first-order valence-corrected chi connectivity index (χ1v) is 6.98. The minimum Gasteiger partial charge on any atom is -0.493 e. The van der Waals surface area contributed by atoms with Gasteiger partial charge in [0.2, 0.25) is 0 Å². The predicted molar refractivity (Wildman–Crippen MR) is 80.3 cm³/mol. The summed E-state index contributed by atoms with van der Waals surface area (Å²) >= 11 is 0. The molecule has 0 saturated carbocycles. The van der Waals surface area contributed by atoms with Crippen LogP contribution in [0.4, 0.5) is 0 Å². The summed E-state index contributed by atoms with van der Waals surface area (Å²) in [5, 5.41) is 13.2. The molecule has 0 amide bonds. The molecule has 1 aromatic heterocycles. The number of nitrogens with zero attached hydrogens (tertiary/aromatic N) is 2. The molecule has 1 N–H and O–H groups in total. The van der Waals surface area contributed by atoms with Crippen LogP contribution in [0.25, 0.3) is 11.1 Å². The Morgan fingerprint density at radius 2 is 2.05 bits per heavy atom. The molecular formula is C16H20N2O3. The van der Waals surface area contributed by atoms with E-state index in [9.17, 15) is 4.79 Å². The monoisotopic (exact) mass is 288 g/mol. The Morgan fingerprint density at radius 1 is 1.33 bits per heavy atom. The van der Waals surface area contributed by atoms with Crippen LogP contribution in [-0.4, -0.2) is 27.5 Å².